The van der Waals surface area contributed by atoms with Gasteiger partial charge in [0.25, 0.3) is 0 Å². The highest BCUT2D eigenvalue weighted by atomic mass is 80.0. The van der Waals surface area contributed by atoms with Crippen LogP contribution in [-0.2, 0) is 28.6 Å². The average Bonchev–Trinajstić information content (AvgIpc) is 2.51. The monoisotopic (exact) mass is 976 g/mol. The number of hydrogen-bond donors (Lipinski definition) is 0. The molecule has 0 aromatic carbocycles. The number of carbonyl (C=O) groups is 3. The number of halogens is 9. The highest BCUT2D eigenvalue weighted by Gasteiger charge is 2.32. The van der Waals surface area contributed by atoms with E-state index in [9.17, 15) is 14.4 Å². The Morgan fingerprint density at radius 1 is 0.536 bits per heavy atom. The minimum atomic E-state index is -1.15. The molecule has 16 heteroatoms. The lowest BCUT2D eigenvalue weighted by atomic mass is 10.4. The maximum Gasteiger partial charge on any atom is 0.344 e. The number of hydrogen-bond acceptors (Lipinski definition) is 7. The fourth-order valence-electron chi connectivity index (χ4n) is 1.38. The molecule has 0 aromatic heterocycles. The molecule has 0 aliphatic rings. The number of nitrogens with zero attached hydrogens (tertiary/aromatic N) is 1. The van der Waals surface area contributed by atoms with E-state index in [1.165, 1.54) is 0 Å². The lowest BCUT2D eigenvalue weighted by molar-refractivity contribution is -0.142. The van der Waals surface area contributed by atoms with E-state index in [0.29, 0.717) is 19.6 Å². The molecule has 0 N–H and O–H groups in total. The summed E-state index contributed by atoms with van der Waals surface area (Å²) in [6, 6.07) is 0. The molecular formula is C12H12Br9NO6. The summed E-state index contributed by atoms with van der Waals surface area (Å²) in [4.78, 5) is 37.0. The Kier molecular flexibility index (Phi) is 15.4. The Hall–Kier alpha value is 2.69. The van der Waals surface area contributed by atoms with Gasteiger partial charge in [0.2, 0.25) is 6.43 Å². The number of carbonyl (C=O) groups excluding carboxylic acids is 3. The third-order valence-corrected chi connectivity index (χ3v) is 5.53. The van der Waals surface area contributed by atoms with Gasteiger partial charge in [0, 0.05) is 19.6 Å². The largest absolute Gasteiger partial charge is 0.462 e. The van der Waals surface area contributed by atoms with Crippen molar-refractivity contribution >= 4 is 161 Å². The maximum absolute atomic E-state index is 11.7. The molecule has 7 nitrogen and oxygen atoms in total. The van der Waals surface area contributed by atoms with Crippen LogP contribution in [0, 0.1) is 0 Å². The van der Waals surface area contributed by atoms with Gasteiger partial charge >= 0.3 is 17.9 Å². The van der Waals surface area contributed by atoms with E-state index >= 15 is 0 Å². The summed E-state index contributed by atoms with van der Waals surface area (Å²) >= 11 is 27.6. The van der Waals surface area contributed by atoms with Crippen molar-refractivity contribution in [2.75, 3.05) is 39.5 Å². The molecule has 0 spiro atoms. The molecule has 0 heterocycles. The molecule has 0 radical (unpaired) electrons. The van der Waals surface area contributed by atoms with Crippen molar-refractivity contribution in [2.45, 2.75) is 6.43 Å². The quantitative estimate of drug-likeness (QED) is 0.173. The summed E-state index contributed by atoms with van der Waals surface area (Å²) in [5.41, 5.74) is 0. The molecule has 0 aliphatic carbocycles. The van der Waals surface area contributed by atoms with Crippen LogP contribution in [0.1, 0.15) is 0 Å². The third-order valence-electron chi connectivity index (χ3n) is 2.62. The summed E-state index contributed by atoms with van der Waals surface area (Å²) in [5, 5.41) is 0. The Bertz CT molecular complexity index is 467. The lowest BCUT2D eigenvalue weighted by Gasteiger charge is -2.23. The van der Waals surface area contributed by atoms with Gasteiger partial charge in [-0.05, 0) is 143 Å². The van der Waals surface area contributed by atoms with Gasteiger partial charge in [0.05, 0.1) is 0 Å². The second-order valence-electron chi connectivity index (χ2n) is 4.74. The van der Waals surface area contributed by atoms with Gasteiger partial charge in [-0.3, -0.25) is 4.90 Å². The zero-order valence-corrected chi connectivity index (χ0v) is 27.8. The molecule has 164 valence electrons. The van der Waals surface area contributed by atoms with Gasteiger partial charge in [-0.2, -0.15) is 0 Å². The highest BCUT2D eigenvalue weighted by Crippen LogP contribution is 2.35. The van der Waals surface area contributed by atoms with Crippen LogP contribution in [0.3, 0.4) is 0 Å². The van der Waals surface area contributed by atoms with Gasteiger partial charge in [-0.25, -0.2) is 14.4 Å². The van der Waals surface area contributed by atoms with Crippen LogP contribution in [0.25, 0.3) is 0 Å². The van der Waals surface area contributed by atoms with E-state index < -0.39 is 24.3 Å². The molecule has 0 saturated heterocycles. The summed E-state index contributed by atoms with van der Waals surface area (Å²) in [6.45, 7) is 1.20. The van der Waals surface area contributed by atoms with E-state index in [-0.39, 0.29) is 19.8 Å². The molecule has 28 heavy (non-hydrogen) atoms. The lowest BCUT2D eigenvalue weighted by Crippen LogP contribution is -2.37. The van der Waals surface area contributed by atoms with Gasteiger partial charge in [-0.15, -0.1) is 0 Å². The predicted octanol–water partition coefficient (Wildman–Crippen LogP) is 5.43. The van der Waals surface area contributed by atoms with E-state index in [2.05, 4.69) is 143 Å². The highest BCUT2D eigenvalue weighted by molar-refractivity contribution is 9.40. The first-order chi connectivity index (χ1) is 12.5. The summed E-state index contributed by atoms with van der Waals surface area (Å²) < 4.78 is 11.9. The van der Waals surface area contributed by atoms with Crippen molar-refractivity contribution in [3.8, 4) is 0 Å². The van der Waals surface area contributed by atoms with Gasteiger partial charge in [-0.1, -0.05) is 0 Å². The van der Waals surface area contributed by atoms with Crippen LogP contribution in [0.4, 0.5) is 0 Å². The van der Waals surface area contributed by atoms with Crippen molar-refractivity contribution < 1.29 is 28.6 Å². The minimum Gasteiger partial charge on any atom is -0.462 e. The predicted molar refractivity (Wildman–Crippen MR) is 138 cm³/mol. The molecule has 0 amide bonds. The van der Waals surface area contributed by atoms with Crippen molar-refractivity contribution in [1.29, 1.82) is 0 Å². The first-order valence-corrected chi connectivity index (χ1v) is 14.1. The number of rotatable bonds is 9. The molecule has 0 aromatic rings. The zero-order chi connectivity index (χ0) is 22.2. The third kappa shape index (κ3) is 14.7. The first kappa shape index (κ1) is 30.7. The molecule has 0 rings (SSSR count). The standard InChI is InChI=1S/C12H12Br9NO6/c13-10(14,15)7(23)26-4-1-22(2-5-27-8(24)11(16,17)18)3-6-28-9(25)12(19,20)21/h1-6H2. The Morgan fingerprint density at radius 3 is 0.929 bits per heavy atom. The maximum atomic E-state index is 11.7. The average molecular weight is 985 g/mol. The normalized spacial score (nSPS) is 12.6. The fourth-order valence-corrected chi connectivity index (χ4v) is 2.41. The van der Waals surface area contributed by atoms with E-state index in [1.807, 2.05) is 4.90 Å². The molecule has 0 saturated carbocycles. The van der Waals surface area contributed by atoms with Gasteiger partial charge in [0.1, 0.15) is 19.8 Å². The van der Waals surface area contributed by atoms with Crippen LogP contribution in [0.5, 0.6) is 0 Å². The van der Waals surface area contributed by atoms with E-state index in [4.69, 9.17) is 14.2 Å². The van der Waals surface area contributed by atoms with Gasteiger partial charge < -0.3 is 14.2 Å². The number of ether oxygens (including phenoxy) is 3. The van der Waals surface area contributed by atoms with Crippen LogP contribution >= 0.6 is 143 Å². The zero-order valence-electron chi connectivity index (χ0n) is 13.5. The van der Waals surface area contributed by atoms with Crippen LogP contribution < -0.4 is 0 Å². The molecule has 0 bridgehead atoms. The molecule has 0 fully saturated rings. The summed E-state index contributed by atoms with van der Waals surface area (Å²) in [6.07, 6.45) is 0. The second-order valence-corrected chi connectivity index (χ2v) is 25.0. The number of alkyl halides is 9. The molecule has 0 aliphatic heterocycles. The minimum absolute atomic E-state index is 0.0732. The SMILES string of the molecule is O=C(OCCN(CCOC(=O)C(Br)(Br)Br)CCOC(=O)C(Br)(Br)Br)C(Br)(Br)Br. The van der Waals surface area contributed by atoms with Crippen LogP contribution in [0.2, 0.25) is 0 Å². The van der Waals surface area contributed by atoms with Crippen LogP contribution in [-0.4, -0.2) is 68.7 Å². The molecule has 0 unspecified atom stereocenters. The fraction of sp³-hybridized carbons (Fsp3) is 0.750. The Morgan fingerprint density at radius 2 is 0.750 bits per heavy atom. The van der Waals surface area contributed by atoms with Gasteiger partial charge in [0.15, 0.2) is 0 Å². The topological polar surface area (TPSA) is 82.1 Å². The molecule has 0 atom stereocenters. The first-order valence-electron chi connectivity index (χ1n) is 6.99. The van der Waals surface area contributed by atoms with Crippen molar-refractivity contribution in [1.82, 2.24) is 4.90 Å². The second kappa shape index (κ2) is 14.1. The van der Waals surface area contributed by atoms with Crippen molar-refractivity contribution in [3.63, 3.8) is 0 Å². The summed E-state index contributed by atoms with van der Waals surface area (Å²) in [7, 11) is 0. The van der Waals surface area contributed by atoms with E-state index in [0.717, 1.165) is 0 Å². The van der Waals surface area contributed by atoms with E-state index in [1.54, 1.807) is 0 Å². The smallest absolute Gasteiger partial charge is 0.344 e. The Balaban J connectivity index is 4.58. The Labute approximate surface area is 237 Å². The van der Waals surface area contributed by atoms with Crippen molar-refractivity contribution in [3.05, 3.63) is 0 Å². The number of esters is 3. The van der Waals surface area contributed by atoms with Crippen LogP contribution in [0.15, 0.2) is 0 Å². The summed E-state index contributed by atoms with van der Waals surface area (Å²) in [5.74, 6) is -1.68. The van der Waals surface area contributed by atoms with Crippen molar-refractivity contribution in [2.24, 2.45) is 0 Å². The molecular weight excluding hydrogens is 973 g/mol.